The molecule has 0 bridgehead atoms. The summed E-state index contributed by atoms with van der Waals surface area (Å²) in [4.78, 5) is 0. The van der Waals surface area contributed by atoms with Crippen LogP contribution >= 0.6 is 0 Å². The third-order valence-electron chi connectivity index (χ3n) is 2.19. The molecule has 5 heteroatoms. The fraction of sp³-hybridized carbons (Fsp3) is 0.400. The van der Waals surface area contributed by atoms with Crippen molar-refractivity contribution in [2.45, 2.75) is 12.5 Å². The number of hydrogen-bond acceptors (Lipinski definition) is 2. The lowest BCUT2D eigenvalue weighted by molar-refractivity contribution is 0.136. The standard InChI is InChI=1S/C10H10F3NO/c11-7-1-6(10(12)13)2-8(3-7)15-9-4-14-5-9/h1-3,9-10,14H,4-5H2. The quantitative estimate of drug-likeness (QED) is 0.837. The third kappa shape index (κ3) is 2.41. The summed E-state index contributed by atoms with van der Waals surface area (Å²) >= 11 is 0. The van der Waals surface area contributed by atoms with E-state index in [1.165, 1.54) is 6.07 Å². The largest absolute Gasteiger partial charge is 0.488 e. The first-order valence-corrected chi connectivity index (χ1v) is 4.61. The molecule has 1 aromatic carbocycles. The molecule has 1 heterocycles. The Morgan fingerprint density at radius 1 is 1.27 bits per heavy atom. The maximum atomic E-state index is 12.9. The molecule has 2 rings (SSSR count). The number of benzene rings is 1. The van der Waals surface area contributed by atoms with E-state index in [9.17, 15) is 13.2 Å². The normalized spacial score (nSPS) is 16.5. The molecule has 1 fully saturated rings. The number of rotatable bonds is 3. The highest BCUT2D eigenvalue weighted by Crippen LogP contribution is 2.25. The summed E-state index contributed by atoms with van der Waals surface area (Å²) in [7, 11) is 0. The minimum absolute atomic E-state index is 0.0441. The number of nitrogens with one attached hydrogen (secondary N) is 1. The highest BCUT2D eigenvalue weighted by molar-refractivity contribution is 5.30. The van der Waals surface area contributed by atoms with Gasteiger partial charge in [0.2, 0.25) is 0 Å². The summed E-state index contributed by atoms with van der Waals surface area (Å²) in [6.07, 6.45) is -2.72. The van der Waals surface area contributed by atoms with Crippen molar-refractivity contribution < 1.29 is 17.9 Å². The molecule has 0 unspecified atom stereocenters. The van der Waals surface area contributed by atoms with Crippen LogP contribution in [0, 0.1) is 5.82 Å². The molecule has 0 aliphatic carbocycles. The van der Waals surface area contributed by atoms with Crippen LogP contribution in [0.4, 0.5) is 13.2 Å². The Morgan fingerprint density at radius 3 is 2.53 bits per heavy atom. The van der Waals surface area contributed by atoms with E-state index in [1.54, 1.807) is 0 Å². The van der Waals surface area contributed by atoms with E-state index in [1.807, 2.05) is 0 Å². The van der Waals surface area contributed by atoms with Crippen molar-refractivity contribution in [3.05, 3.63) is 29.6 Å². The third-order valence-corrected chi connectivity index (χ3v) is 2.19. The van der Waals surface area contributed by atoms with Crippen LogP contribution in [0.2, 0.25) is 0 Å². The first-order valence-electron chi connectivity index (χ1n) is 4.61. The minimum Gasteiger partial charge on any atom is -0.488 e. The second-order valence-electron chi connectivity index (χ2n) is 3.42. The van der Waals surface area contributed by atoms with E-state index in [0.717, 1.165) is 12.1 Å². The highest BCUT2D eigenvalue weighted by atomic mass is 19.3. The zero-order valence-electron chi connectivity index (χ0n) is 7.84. The molecule has 82 valence electrons. The summed E-state index contributed by atoms with van der Waals surface area (Å²) < 4.78 is 42.9. The van der Waals surface area contributed by atoms with Crippen molar-refractivity contribution in [3.8, 4) is 5.75 Å². The molecular weight excluding hydrogens is 207 g/mol. The van der Waals surface area contributed by atoms with Gasteiger partial charge in [0.1, 0.15) is 17.7 Å². The molecule has 15 heavy (non-hydrogen) atoms. The molecule has 0 spiro atoms. The summed E-state index contributed by atoms with van der Waals surface area (Å²) in [5.74, 6) is -0.535. The molecule has 0 radical (unpaired) electrons. The Balaban J connectivity index is 2.15. The number of alkyl halides is 2. The SMILES string of the molecule is Fc1cc(OC2CNC2)cc(C(F)F)c1. The van der Waals surface area contributed by atoms with Gasteiger partial charge in [-0.3, -0.25) is 0 Å². The van der Waals surface area contributed by atoms with Gasteiger partial charge in [-0.2, -0.15) is 0 Å². The van der Waals surface area contributed by atoms with Gasteiger partial charge in [0, 0.05) is 24.7 Å². The van der Waals surface area contributed by atoms with E-state index < -0.39 is 12.2 Å². The lowest BCUT2D eigenvalue weighted by Gasteiger charge is -2.27. The van der Waals surface area contributed by atoms with Gasteiger partial charge in [0.25, 0.3) is 6.43 Å². The maximum absolute atomic E-state index is 12.9. The Labute approximate surface area is 85.0 Å². The Kier molecular flexibility index (Phi) is 2.81. The van der Waals surface area contributed by atoms with Gasteiger partial charge >= 0.3 is 0 Å². The second-order valence-corrected chi connectivity index (χ2v) is 3.42. The van der Waals surface area contributed by atoms with Gasteiger partial charge in [-0.25, -0.2) is 13.2 Å². The van der Waals surface area contributed by atoms with Crippen LogP contribution in [0.15, 0.2) is 18.2 Å². The molecule has 0 aromatic heterocycles. The molecule has 1 aromatic rings. The average Bonchev–Trinajstić information content (AvgIpc) is 2.10. The molecule has 1 N–H and O–H groups in total. The topological polar surface area (TPSA) is 21.3 Å². The first-order chi connectivity index (χ1) is 7.15. The molecule has 1 saturated heterocycles. The van der Waals surface area contributed by atoms with Crippen LogP contribution in [0.5, 0.6) is 5.75 Å². The monoisotopic (exact) mass is 217 g/mol. The molecular formula is C10H10F3NO. The van der Waals surface area contributed by atoms with Crippen molar-refractivity contribution in [2.24, 2.45) is 0 Å². The van der Waals surface area contributed by atoms with Gasteiger partial charge in [-0.05, 0) is 12.1 Å². The summed E-state index contributed by atoms with van der Waals surface area (Å²) in [5.41, 5.74) is -0.350. The minimum atomic E-state index is -2.68. The van der Waals surface area contributed by atoms with Crippen LogP contribution in [-0.2, 0) is 0 Å². The van der Waals surface area contributed by atoms with Crippen LogP contribution in [0.1, 0.15) is 12.0 Å². The highest BCUT2D eigenvalue weighted by Gasteiger charge is 2.19. The van der Waals surface area contributed by atoms with Crippen molar-refractivity contribution in [1.29, 1.82) is 0 Å². The van der Waals surface area contributed by atoms with E-state index in [0.29, 0.717) is 13.1 Å². The van der Waals surface area contributed by atoms with Gasteiger partial charge < -0.3 is 10.1 Å². The van der Waals surface area contributed by atoms with Crippen molar-refractivity contribution in [1.82, 2.24) is 5.32 Å². The number of hydrogen-bond donors (Lipinski definition) is 1. The molecule has 0 saturated carbocycles. The van der Waals surface area contributed by atoms with Crippen LogP contribution in [0.25, 0.3) is 0 Å². The summed E-state index contributed by atoms with van der Waals surface area (Å²) in [6, 6.07) is 3.10. The van der Waals surface area contributed by atoms with Gasteiger partial charge in [-0.1, -0.05) is 0 Å². The zero-order chi connectivity index (χ0) is 10.8. The lowest BCUT2D eigenvalue weighted by atomic mass is 10.2. The lowest BCUT2D eigenvalue weighted by Crippen LogP contribution is -2.50. The van der Waals surface area contributed by atoms with Crippen LogP contribution in [-0.4, -0.2) is 19.2 Å². The molecule has 2 nitrogen and oxygen atoms in total. The van der Waals surface area contributed by atoms with E-state index in [-0.39, 0.29) is 17.4 Å². The van der Waals surface area contributed by atoms with E-state index >= 15 is 0 Å². The molecule has 1 aliphatic heterocycles. The average molecular weight is 217 g/mol. The van der Waals surface area contributed by atoms with Crippen LogP contribution in [0.3, 0.4) is 0 Å². The maximum Gasteiger partial charge on any atom is 0.264 e. The van der Waals surface area contributed by atoms with Crippen molar-refractivity contribution in [3.63, 3.8) is 0 Å². The predicted molar refractivity (Wildman–Crippen MR) is 48.6 cm³/mol. The van der Waals surface area contributed by atoms with E-state index in [2.05, 4.69) is 5.32 Å². The van der Waals surface area contributed by atoms with Crippen molar-refractivity contribution in [2.75, 3.05) is 13.1 Å². The van der Waals surface area contributed by atoms with Gasteiger partial charge in [0.15, 0.2) is 0 Å². The fourth-order valence-corrected chi connectivity index (χ4v) is 1.32. The van der Waals surface area contributed by atoms with Gasteiger partial charge in [-0.15, -0.1) is 0 Å². The number of ether oxygens (including phenoxy) is 1. The Morgan fingerprint density at radius 2 is 2.00 bits per heavy atom. The first kappa shape index (κ1) is 10.3. The van der Waals surface area contributed by atoms with Crippen molar-refractivity contribution >= 4 is 0 Å². The summed E-state index contributed by atoms with van der Waals surface area (Å²) in [5, 5.41) is 2.97. The van der Waals surface area contributed by atoms with Gasteiger partial charge in [0.05, 0.1) is 0 Å². The summed E-state index contributed by atoms with van der Waals surface area (Å²) in [6.45, 7) is 1.33. The molecule has 1 aliphatic rings. The van der Waals surface area contributed by atoms with Crippen LogP contribution < -0.4 is 10.1 Å². The predicted octanol–water partition coefficient (Wildman–Crippen LogP) is 2.11. The second kappa shape index (κ2) is 4.10. The zero-order valence-corrected chi connectivity index (χ0v) is 7.84. The Hall–Kier alpha value is -1.23. The fourth-order valence-electron chi connectivity index (χ4n) is 1.32. The number of halogens is 3. The molecule has 0 amide bonds. The van der Waals surface area contributed by atoms with E-state index in [4.69, 9.17) is 4.74 Å². The smallest absolute Gasteiger partial charge is 0.264 e. The molecule has 0 atom stereocenters. The Bertz CT molecular complexity index is 353.